The van der Waals surface area contributed by atoms with Gasteiger partial charge >= 0.3 is 0 Å². The second-order valence-corrected chi connectivity index (χ2v) is 10.2. The zero-order valence-corrected chi connectivity index (χ0v) is 17.6. The lowest BCUT2D eigenvalue weighted by molar-refractivity contribution is -0.384. The Morgan fingerprint density at radius 1 is 1.23 bits per heavy atom. The average Bonchev–Trinajstić information content (AvgIpc) is 3.13. The number of hydrogen-bond acceptors (Lipinski definition) is 7. The number of fused-ring (bicyclic) bond motifs is 1. The fourth-order valence-corrected chi connectivity index (χ4v) is 5.29. The highest BCUT2D eigenvalue weighted by atomic mass is 32.2. The smallest absolute Gasteiger partial charge is 0.293 e. The molecule has 10 heteroatoms. The van der Waals surface area contributed by atoms with E-state index < -0.39 is 14.8 Å². The predicted molar refractivity (Wildman–Crippen MR) is 113 cm³/mol. The Bertz CT molecular complexity index is 1220. The number of sulfone groups is 1. The molecule has 1 heterocycles. The molecule has 1 N–H and O–H groups in total. The van der Waals surface area contributed by atoms with E-state index >= 15 is 0 Å². The summed E-state index contributed by atoms with van der Waals surface area (Å²) >= 11 is 1.54. The van der Waals surface area contributed by atoms with Gasteiger partial charge in [-0.05, 0) is 55.7 Å². The molecule has 0 saturated carbocycles. The maximum atomic E-state index is 13.2. The number of thiazole rings is 1. The highest BCUT2D eigenvalue weighted by Gasteiger charge is 2.28. The lowest BCUT2D eigenvalue weighted by Crippen LogP contribution is -2.17. The molecule has 0 aliphatic heterocycles. The standard InChI is InChI=1S/C20H18FN3O4S2/c1-30(27,28)14-9-10-15(17(11-14)24(25)26)22-16-3-2-4-18-19(16)23-20(29-18)12-5-7-13(21)8-6-12/h5-11,16,22H,2-4H2,1H3. The molecule has 0 amide bonds. The number of rotatable bonds is 5. The molecule has 1 unspecified atom stereocenters. The third kappa shape index (κ3) is 4.05. The number of nitrogens with one attached hydrogen (secondary N) is 1. The van der Waals surface area contributed by atoms with E-state index in [-0.39, 0.29) is 28.1 Å². The van der Waals surface area contributed by atoms with Gasteiger partial charge in [-0.15, -0.1) is 11.3 Å². The number of nitro groups is 1. The Morgan fingerprint density at radius 3 is 2.63 bits per heavy atom. The highest BCUT2D eigenvalue weighted by Crippen LogP contribution is 2.40. The van der Waals surface area contributed by atoms with E-state index in [0.717, 1.165) is 52.7 Å². The Morgan fingerprint density at radius 2 is 1.97 bits per heavy atom. The Balaban J connectivity index is 1.68. The minimum Gasteiger partial charge on any atom is -0.371 e. The van der Waals surface area contributed by atoms with E-state index in [0.29, 0.717) is 0 Å². The molecule has 7 nitrogen and oxygen atoms in total. The van der Waals surface area contributed by atoms with E-state index in [1.807, 2.05) is 0 Å². The second kappa shape index (κ2) is 7.77. The van der Waals surface area contributed by atoms with E-state index in [1.165, 1.54) is 35.6 Å². The van der Waals surface area contributed by atoms with Crippen molar-refractivity contribution in [1.82, 2.24) is 4.98 Å². The largest absolute Gasteiger partial charge is 0.371 e. The molecule has 0 spiro atoms. The zero-order valence-electron chi connectivity index (χ0n) is 16.0. The minimum absolute atomic E-state index is 0.101. The summed E-state index contributed by atoms with van der Waals surface area (Å²) in [5.41, 5.74) is 1.60. The van der Waals surface area contributed by atoms with Gasteiger partial charge in [-0.1, -0.05) is 0 Å². The number of aryl methyl sites for hydroxylation is 1. The maximum Gasteiger partial charge on any atom is 0.293 e. The summed E-state index contributed by atoms with van der Waals surface area (Å²) in [4.78, 5) is 16.7. The van der Waals surface area contributed by atoms with E-state index in [1.54, 1.807) is 12.1 Å². The molecule has 0 saturated heterocycles. The monoisotopic (exact) mass is 447 g/mol. The molecule has 1 aromatic heterocycles. The molecule has 0 bridgehead atoms. The van der Waals surface area contributed by atoms with Crippen LogP contribution in [-0.2, 0) is 16.3 Å². The molecule has 1 aliphatic rings. The first-order valence-electron chi connectivity index (χ1n) is 9.23. The number of aromatic nitrogens is 1. The van der Waals surface area contributed by atoms with Crippen LogP contribution in [-0.4, -0.2) is 24.6 Å². The van der Waals surface area contributed by atoms with Crippen LogP contribution in [0.5, 0.6) is 0 Å². The Labute approximate surface area is 176 Å². The van der Waals surface area contributed by atoms with Gasteiger partial charge in [0.1, 0.15) is 16.5 Å². The summed E-state index contributed by atoms with van der Waals surface area (Å²) in [6, 6.07) is 9.76. The van der Waals surface area contributed by atoms with Gasteiger partial charge in [-0.25, -0.2) is 17.8 Å². The maximum absolute atomic E-state index is 13.2. The third-order valence-corrected chi connectivity index (χ3v) is 7.26. The molecule has 3 aromatic rings. The number of hydrogen-bond donors (Lipinski definition) is 1. The van der Waals surface area contributed by atoms with Crippen LogP contribution < -0.4 is 5.32 Å². The topological polar surface area (TPSA) is 102 Å². The zero-order chi connectivity index (χ0) is 21.5. The van der Waals surface area contributed by atoms with Crippen LogP contribution in [0.2, 0.25) is 0 Å². The number of halogens is 1. The number of benzene rings is 2. The van der Waals surface area contributed by atoms with Gasteiger partial charge in [0.25, 0.3) is 5.69 Å². The van der Waals surface area contributed by atoms with Gasteiger partial charge < -0.3 is 5.32 Å². The van der Waals surface area contributed by atoms with Crippen molar-refractivity contribution in [2.75, 3.05) is 11.6 Å². The lowest BCUT2D eigenvalue weighted by atomic mass is 9.97. The van der Waals surface area contributed by atoms with Crippen molar-refractivity contribution in [3.63, 3.8) is 0 Å². The first-order valence-corrected chi connectivity index (χ1v) is 11.9. The number of nitro benzene ring substituents is 1. The fourth-order valence-electron chi connectivity index (χ4n) is 3.48. The summed E-state index contributed by atoms with van der Waals surface area (Å²) in [6.07, 6.45) is 3.51. The van der Waals surface area contributed by atoms with E-state index in [2.05, 4.69) is 5.32 Å². The molecule has 0 radical (unpaired) electrons. The molecule has 156 valence electrons. The van der Waals surface area contributed by atoms with Crippen molar-refractivity contribution < 1.29 is 17.7 Å². The van der Waals surface area contributed by atoms with Crippen LogP contribution in [0.1, 0.15) is 29.5 Å². The Hall–Kier alpha value is -2.85. The normalized spacial score (nSPS) is 16.1. The summed E-state index contributed by atoms with van der Waals surface area (Å²) < 4.78 is 36.7. The van der Waals surface area contributed by atoms with Crippen LogP contribution in [0.15, 0.2) is 47.4 Å². The summed E-state index contributed by atoms with van der Waals surface area (Å²) in [5.74, 6) is -0.315. The molecular weight excluding hydrogens is 429 g/mol. The lowest BCUT2D eigenvalue weighted by Gasteiger charge is -2.23. The van der Waals surface area contributed by atoms with Gasteiger partial charge in [0.05, 0.1) is 21.6 Å². The molecular formula is C20H18FN3O4S2. The summed E-state index contributed by atoms with van der Waals surface area (Å²) in [5, 5.41) is 15.5. The molecule has 2 aromatic carbocycles. The molecule has 0 fully saturated rings. The van der Waals surface area contributed by atoms with Gasteiger partial charge in [-0.2, -0.15) is 0 Å². The van der Waals surface area contributed by atoms with Crippen LogP contribution >= 0.6 is 11.3 Å². The third-order valence-electron chi connectivity index (χ3n) is 4.97. The molecule has 1 aliphatic carbocycles. The fraction of sp³-hybridized carbons (Fsp3) is 0.250. The number of anilines is 1. The van der Waals surface area contributed by atoms with Crippen molar-refractivity contribution in [1.29, 1.82) is 0 Å². The van der Waals surface area contributed by atoms with Crippen LogP contribution in [0.4, 0.5) is 15.8 Å². The summed E-state index contributed by atoms with van der Waals surface area (Å²) in [6.45, 7) is 0. The number of nitrogens with zero attached hydrogens (tertiary/aromatic N) is 2. The van der Waals surface area contributed by atoms with E-state index in [9.17, 15) is 22.9 Å². The first kappa shape index (κ1) is 20.4. The van der Waals surface area contributed by atoms with Crippen LogP contribution in [0.25, 0.3) is 10.6 Å². The van der Waals surface area contributed by atoms with Crippen molar-refractivity contribution in [3.05, 3.63) is 69.0 Å². The van der Waals surface area contributed by atoms with Crippen molar-refractivity contribution >= 4 is 32.5 Å². The van der Waals surface area contributed by atoms with E-state index in [4.69, 9.17) is 4.98 Å². The quantitative estimate of drug-likeness (QED) is 0.447. The molecule has 30 heavy (non-hydrogen) atoms. The molecule has 1 atom stereocenters. The van der Waals surface area contributed by atoms with Gasteiger partial charge in [-0.3, -0.25) is 10.1 Å². The predicted octanol–water partition coefficient (Wildman–Crippen LogP) is 4.75. The van der Waals surface area contributed by atoms with Gasteiger partial charge in [0.15, 0.2) is 9.84 Å². The Kier molecular flexibility index (Phi) is 5.29. The SMILES string of the molecule is CS(=O)(=O)c1ccc(NC2CCCc3sc(-c4ccc(F)cc4)nc32)c([N+](=O)[O-])c1. The minimum atomic E-state index is -3.56. The summed E-state index contributed by atoms with van der Waals surface area (Å²) in [7, 11) is -3.56. The van der Waals surface area contributed by atoms with Crippen molar-refractivity contribution in [2.45, 2.75) is 30.2 Å². The van der Waals surface area contributed by atoms with Crippen molar-refractivity contribution in [2.24, 2.45) is 0 Å². The average molecular weight is 448 g/mol. The van der Waals surface area contributed by atoms with Crippen molar-refractivity contribution in [3.8, 4) is 10.6 Å². The first-order chi connectivity index (χ1) is 14.2. The van der Waals surface area contributed by atoms with Crippen LogP contribution in [0, 0.1) is 15.9 Å². The van der Waals surface area contributed by atoms with Crippen LogP contribution in [0.3, 0.4) is 0 Å². The van der Waals surface area contributed by atoms with Gasteiger partial charge in [0.2, 0.25) is 0 Å². The highest BCUT2D eigenvalue weighted by molar-refractivity contribution is 7.90. The molecule has 4 rings (SSSR count). The van der Waals surface area contributed by atoms with Gasteiger partial charge in [0, 0.05) is 22.8 Å². The second-order valence-electron chi connectivity index (χ2n) is 7.13.